The summed E-state index contributed by atoms with van der Waals surface area (Å²) in [7, 11) is 0. The van der Waals surface area contributed by atoms with Gasteiger partial charge in [0.05, 0.1) is 0 Å². The molecule has 0 bridgehead atoms. The average molecular weight is 306 g/mol. The molecule has 0 aliphatic heterocycles. The first kappa shape index (κ1) is 15.6. The summed E-state index contributed by atoms with van der Waals surface area (Å²) in [6, 6.07) is 1.60. The minimum Gasteiger partial charge on any atom is -0.478 e. The molecule has 1 aromatic heterocycles. The van der Waals surface area contributed by atoms with E-state index >= 15 is 0 Å². The highest BCUT2D eigenvalue weighted by atomic mass is 32.2. The van der Waals surface area contributed by atoms with Gasteiger partial charge in [0.1, 0.15) is 0 Å². The first-order chi connectivity index (χ1) is 10.1. The number of carboxylic acids is 1. The average Bonchev–Trinajstić information content (AvgIpc) is 2.44. The molecule has 2 rings (SSSR count). The summed E-state index contributed by atoms with van der Waals surface area (Å²) in [5.74, 6) is -1.25. The fourth-order valence-corrected chi connectivity index (χ4v) is 3.18. The standard InChI is InChI=1S/C15H18N2O3S/c1-21-15(6-2-7-15)10-17-14(20)12-5-8-16-9-11(12)3-4-13(18)19/h3-5,8-9H,2,6-7,10H2,1H3,(H,17,20)(H,18,19)/b4-3+. The first-order valence-corrected chi connectivity index (χ1v) is 7.97. The van der Waals surface area contributed by atoms with Crippen LogP contribution >= 0.6 is 11.8 Å². The molecule has 112 valence electrons. The van der Waals surface area contributed by atoms with Crippen molar-refractivity contribution >= 4 is 29.7 Å². The molecule has 1 aliphatic carbocycles. The summed E-state index contributed by atoms with van der Waals surface area (Å²) < 4.78 is 0.166. The molecule has 0 saturated heterocycles. The summed E-state index contributed by atoms with van der Waals surface area (Å²) in [5.41, 5.74) is 0.947. The van der Waals surface area contributed by atoms with Gasteiger partial charge < -0.3 is 10.4 Å². The van der Waals surface area contributed by atoms with E-state index in [4.69, 9.17) is 5.11 Å². The van der Waals surface area contributed by atoms with Crippen LogP contribution in [-0.2, 0) is 4.79 Å². The molecule has 0 unspecified atom stereocenters. The molecule has 2 N–H and O–H groups in total. The maximum atomic E-state index is 12.3. The SMILES string of the molecule is CSC1(CNC(=O)c2ccncc2/C=C/C(=O)O)CCC1. The number of rotatable bonds is 6. The van der Waals surface area contributed by atoms with Crippen molar-refractivity contribution in [1.82, 2.24) is 10.3 Å². The van der Waals surface area contributed by atoms with Crippen LogP contribution in [-0.4, -0.2) is 39.5 Å². The number of nitrogens with zero attached hydrogens (tertiary/aromatic N) is 1. The van der Waals surface area contributed by atoms with Crippen LogP contribution in [0.25, 0.3) is 6.08 Å². The van der Waals surface area contributed by atoms with E-state index < -0.39 is 5.97 Å². The van der Waals surface area contributed by atoms with Crippen molar-refractivity contribution in [2.75, 3.05) is 12.8 Å². The number of carbonyl (C=O) groups excluding carboxylic acids is 1. The van der Waals surface area contributed by atoms with E-state index in [1.165, 1.54) is 24.9 Å². The summed E-state index contributed by atoms with van der Waals surface area (Å²) >= 11 is 1.80. The quantitative estimate of drug-likeness (QED) is 0.788. The van der Waals surface area contributed by atoms with Gasteiger partial charge >= 0.3 is 5.97 Å². The van der Waals surface area contributed by atoms with E-state index in [0.29, 0.717) is 17.7 Å². The molecule has 1 amide bonds. The number of carbonyl (C=O) groups is 2. The fourth-order valence-electron chi connectivity index (χ4n) is 2.27. The van der Waals surface area contributed by atoms with Crippen molar-refractivity contribution in [3.8, 4) is 0 Å². The third kappa shape index (κ3) is 3.85. The molecule has 0 spiro atoms. The van der Waals surface area contributed by atoms with Gasteiger partial charge in [-0.05, 0) is 31.2 Å². The zero-order chi connectivity index (χ0) is 15.3. The van der Waals surface area contributed by atoms with Crippen LogP contribution in [0.15, 0.2) is 24.5 Å². The van der Waals surface area contributed by atoms with Gasteiger partial charge in [-0.2, -0.15) is 11.8 Å². The normalized spacial score (nSPS) is 16.4. The Bertz CT molecular complexity index is 562. The smallest absolute Gasteiger partial charge is 0.328 e. The monoisotopic (exact) mass is 306 g/mol. The number of thioether (sulfide) groups is 1. The van der Waals surface area contributed by atoms with E-state index in [2.05, 4.69) is 16.6 Å². The lowest BCUT2D eigenvalue weighted by atomic mass is 9.84. The van der Waals surface area contributed by atoms with Gasteiger partial charge in [0.15, 0.2) is 0 Å². The van der Waals surface area contributed by atoms with E-state index in [1.807, 2.05) is 0 Å². The number of hydrogen-bond donors (Lipinski definition) is 2. The molecular weight excluding hydrogens is 288 g/mol. The first-order valence-electron chi connectivity index (χ1n) is 6.75. The molecule has 1 fully saturated rings. The third-order valence-corrected chi connectivity index (χ3v) is 5.19. The number of amides is 1. The van der Waals surface area contributed by atoms with Gasteiger partial charge in [-0.3, -0.25) is 9.78 Å². The van der Waals surface area contributed by atoms with Gasteiger partial charge in [-0.15, -0.1) is 0 Å². The van der Waals surface area contributed by atoms with Crippen molar-refractivity contribution in [3.63, 3.8) is 0 Å². The molecule has 1 aliphatic rings. The van der Waals surface area contributed by atoms with Crippen molar-refractivity contribution in [1.29, 1.82) is 0 Å². The number of carboxylic acid groups (broad SMARTS) is 1. The highest BCUT2D eigenvalue weighted by Gasteiger charge is 2.36. The lowest BCUT2D eigenvalue weighted by molar-refractivity contribution is -0.131. The summed E-state index contributed by atoms with van der Waals surface area (Å²) in [4.78, 5) is 26.8. The Morgan fingerprint density at radius 1 is 1.52 bits per heavy atom. The van der Waals surface area contributed by atoms with Gasteiger partial charge in [0.25, 0.3) is 5.91 Å². The fraction of sp³-hybridized carbons (Fsp3) is 0.400. The zero-order valence-electron chi connectivity index (χ0n) is 11.8. The second-order valence-corrected chi connectivity index (χ2v) is 6.33. The minimum absolute atomic E-state index is 0.166. The molecule has 0 aromatic carbocycles. The Morgan fingerprint density at radius 2 is 2.29 bits per heavy atom. The Kier molecular flexibility index (Phi) is 5.01. The number of hydrogen-bond acceptors (Lipinski definition) is 4. The van der Waals surface area contributed by atoms with E-state index in [0.717, 1.165) is 18.9 Å². The van der Waals surface area contributed by atoms with Gasteiger partial charge in [0.2, 0.25) is 0 Å². The Balaban J connectivity index is 2.07. The van der Waals surface area contributed by atoms with Crippen LogP contribution in [0.2, 0.25) is 0 Å². The highest BCUT2D eigenvalue weighted by Crippen LogP contribution is 2.42. The van der Waals surface area contributed by atoms with Crippen LogP contribution < -0.4 is 5.32 Å². The van der Waals surface area contributed by atoms with Gasteiger partial charge in [-0.1, -0.05) is 6.42 Å². The minimum atomic E-state index is -1.05. The summed E-state index contributed by atoms with van der Waals surface area (Å²) in [5, 5.41) is 11.6. The lowest BCUT2D eigenvalue weighted by Gasteiger charge is -2.40. The number of nitrogens with one attached hydrogen (secondary N) is 1. The highest BCUT2D eigenvalue weighted by molar-refractivity contribution is 8.00. The zero-order valence-corrected chi connectivity index (χ0v) is 12.7. The topological polar surface area (TPSA) is 79.3 Å². The summed E-state index contributed by atoms with van der Waals surface area (Å²) in [6.07, 6.45) is 10.9. The molecular formula is C15H18N2O3S. The predicted octanol–water partition coefficient (Wildman–Crippen LogP) is 2.19. The molecule has 1 aromatic rings. The molecule has 5 nitrogen and oxygen atoms in total. The number of aromatic nitrogens is 1. The molecule has 0 atom stereocenters. The Morgan fingerprint density at radius 3 is 2.86 bits per heavy atom. The number of aliphatic carboxylic acids is 1. The van der Waals surface area contributed by atoms with Crippen molar-refractivity contribution in [3.05, 3.63) is 35.7 Å². The van der Waals surface area contributed by atoms with Gasteiger partial charge in [-0.25, -0.2) is 4.79 Å². The van der Waals surface area contributed by atoms with Crippen LogP contribution in [0.1, 0.15) is 35.2 Å². The van der Waals surface area contributed by atoms with Gasteiger partial charge in [0, 0.05) is 40.9 Å². The van der Waals surface area contributed by atoms with Crippen molar-refractivity contribution in [2.45, 2.75) is 24.0 Å². The van der Waals surface area contributed by atoms with E-state index in [1.54, 1.807) is 17.8 Å². The van der Waals surface area contributed by atoms with Crippen LogP contribution in [0, 0.1) is 0 Å². The maximum Gasteiger partial charge on any atom is 0.328 e. The molecule has 21 heavy (non-hydrogen) atoms. The third-order valence-electron chi connectivity index (χ3n) is 3.77. The predicted molar refractivity (Wildman–Crippen MR) is 83.3 cm³/mol. The van der Waals surface area contributed by atoms with E-state index in [-0.39, 0.29) is 10.7 Å². The second-order valence-electron chi connectivity index (χ2n) is 5.06. The molecule has 1 saturated carbocycles. The van der Waals surface area contributed by atoms with Crippen LogP contribution in [0.3, 0.4) is 0 Å². The largest absolute Gasteiger partial charge is 0.478 e. The van der Waals surface area contributed by atoms with Crippen molar-refractivity contribution < 1.29 is 14.7 Å². The van der Waals surface area contributed by atoms with Crippen molar-refractivity contribution in [2.24, 2.45) is 0 Å². The van der Waals surface area contributed by atoms with Crippen LogP contribution in [0.5, 0.6) is 0 Å². The number of pyridine rings is 1. The lowest BCUT2D eigenvalue weighted by Crippen LogP contribution is -2.45. The summed E-state index contributed by atoms with van der Waals surface area (Å²) in [6.45, 7) is 0.636. The van der Waals surface area contributed by atoms with Crippen LogP contribution in [0.4, 0.5) is 0 Å². The second kappa shape index (κ2) is 6.76. The molecule has 0 radical (unpaired) electrons. The molecule has 6 heteroatoms. The molecule has 1 heterocycles. The van der Waals surface area contributed by atoms with E-state index in [9.17, 15) is 9.59 Å². The maximum absolute atomic E-state index is 12.3. The Hall–Kier alpha value is -1.82. The Labute approximate surface area is 127 Å².